The zero-order valence-corrected chi connectivity index (χ0v) is 29.5. The fraction of sp³-hybridized carbons (Fsp3) is 0.0294. The number of hydrogen-bond acceptors (Lipinski definition) is 5. The zero-order valence-electron chi connectivity index (χ0n) is 23.3. The van der Waals surface area contributed by atoms with Crippen LogP contribution in [0, 0.1) is 41.5 Å². The van der Waals surface area contributed by atoms with E-state index in [1.54, 1.807) is 78.9 Å². The van der Waals surface area contributed by atoms with Crippen LogP contribution in [-0.4, -0.2) is 21.2 Å². The third kappa shape index (κ3) is 14.6. The summed E-state index contributed by atoms with van der Waals surface area (Å²) in [6.45, 7) is 0. The van der Waals surface area contributed by atoms with E-state index in [0.717, 1.165) is 29.3 Å². The van der Waals surface area contributed by atoms with Crippen molar-refractivity contribution in [2.45, 2.75) is 10.1 Å². The number of halogens is 4. The van der Waals surface area contributed by atoms with Crippen molar-refractivity contribution in [3.05, 3.63) is 163 Å². The number of rotatable bonds is 3. The maximum atomic E-state index is 13.2. The van der Waals surface area contributed by atoms with Crippen LogP contribution in [-0.2, 0) is 54.8 Å². The summed E-state index contributed by atoms with van der Waals surface area (Å²) in [7, 11) is 0. The van der Waals surface area contributed by atoms with Crippen LogP contribution in [0.5, 0.6) is 0 Å². The van der Waals surface area contributed by atoms with Crippen molar-refractivity contribution in [2.24, 2.45) is 0 Å². The minimum Gasteiger partial charge on any atom is -0.760 e. The van der Waals surface area contributed by atoms with E-state index >= 15 is 0 Å². The van der Waals surface area contributed by atoms with Gasteiger partial charge >= 0.3 is 42.1 Å². The minimum atomic E-state index is -0.649. The van der Waals surface area contributed by atoms with Crippen molar-refractivity contribution in [3.63, 3.8) is 0 Å². The van der Waals surface area contributed by atoms with Gasteiger partial charge in [-0.15, -0.1) is 36.0 Å². The number of aromatic nitrogens is 3. The van der Waals surface area contributed by atoms with Crippen LogP contribution in [0.1, 0.15) is 0 Å². The first-order chi connectivity index (χ1) is 20.9. The predicted octanol–water partition coefficient (Wildman–Crippen LogP) is 8.85. The zero-order chi connectivity index (χ0) is 30.9. The van der Waals surface area contributed by atoms with Gasteiger partial charge in [0.15, 0.2) is 0 Å². The molecule has 11 heteroatoms. The van der Waals surface area contributed by atoms with Gasteiger partial charge in [0.1, 0.15) is 0 Å². The van der Waals surface area contributed by atoms with Crippen molar-refractivity contribution >= 4 is 24.4 Å². The van der Waals surface area contributed by atoms with E-state index in [9.17, 15) is 17.6 Å². The van der Waals surface area contributed by atoms with Gasteiger partial charge in [0.05, 0.1) is 5.03 Å². The third-order valence-electron chi connectivity index (χ3n) is 5.10. The Morgan fingerprint density at radius 2 is 1.18 bits per heavy atom. The Morgan fingerprint density at radius 1 is 0.622 bits per heavy atom. The molecule has 0 atom stereocenters. The third-order valence-corrected chi connectivity index (χ3v) is 6.00. The van der Waals surface area contributed by atoms with Gasteiger partial charge in [0.25, 0.3) is 0 Å². The van der Waals surface area contributed by atoms with Gasteiger partial charge < -0.3 is 17.6 Å². The topological polar surface area (TPSA) is 38.7 Å². The molecule has 0 saturated carbocycles. The Bertz CT molecular complexity index is 1570. The summed E-state index contributed by atoms with van der Waals surface area (Å²) in [6, 6.07) is 35.2. The van der Waals surface area contributed by atoms with Crippen molar-refractivity contribution in [1.82, 2.24) is 15.0 Å². The minimum absolute atomic E-state index is 0. The molecule has 0 aliphatic carbocycles. The van der Waals surface area contributed by atoms with E-state index in [2.05, 4.69) is 33.2 Å². The van der Waals surface area contributed by atoms with Crippen LogP contribution in [0.25, 0.3) is 22.4 Å². The average molecular weight is 1000 g/mol. The molecular weight excluding hydrogens is 981 g/mol. The van der Waals surface area contributed by atoms with Gasteiger partial charge in [-0.05, 0) is 42.0 Å². The molecule has 0 amide bonds. The summed E-state index contributed by atoms with van der Waals surface area (Å²) in [6.07, 6.45) is 7.04. The molecule has 0 spiro atoms. The average Bonchev–Trinajstić information content (AvgIpc) is 3.04. The van der Waals surface area contributed by atoms with E-state index in [1.807, 2.05) is 36.6 Å². The van der Waals surface area contributed by atoms with Gasteiger partial charge in [0.2, 0.25) is 0 Å². The quantitative estimate of drug-likeness (QED) is 0.0768. The Labute approximate surface area is 298 Å². The van der Waals surface area contributed by atoms with Gasteiger partial charge in [0, 0.05) is 36.0 Å². The second-order valence-corrected chi connectivity index (χ2v) is 9.36. The Morgan fingerprint density at radius 3 is 1.58 bits per heavy atom. The normalized spacial score (nSPS) is 9.27. The van der Waals surface area contributed by atoms with Crippen LogP contribution in [0.15, 0.2) is 132 Å². The second-order valence-electron chi connectivity index (χ2n) is 8.11. The molecule has 3 nitrogen and oxygen atoms in total. The fourth-order valence-electron chi connectivity index (χ4n) is 3.17. The molecule has 0 N–H and O–H groups in total. The molecule has 0 saturated heterocycles. The maximum absolute atomic E-state index is 13.2. The molecule has 6 rings (SSSR count). The van der Waals surface area contributed by atoms with Crippen molar-refractivity contribution in [1.29, 1.82) is 0 Å². The molecular formula is C34H23F4N3Pt2S2. The first-order valence-corrected chi connectivity index (χ1v) is 14.2. The van der Waals surface area contributed by atoms with E-state index in [-0.39, 0.29) is 53.3 Å². The largest absolute Gasteiger partial charge is 2.00 e. The molecule has 234 valence electrons. The summed E-state index contributed by atoms with van der Waals surface area (Å²) in [5, 5.41) is 1.73. The van der Waals surface area contributed by atoms with Crippen LogP contribution in [0.3, 0.4) is 0 Å². The number of thioether (sulfide) groups is 1. The second kappa shape index (κ2) is 22.3. The molecule has 3 heterocycles. The summed E-state index contributed by atoms with van der Waals surface area (Å²) in [5.41, 5.74) is 1.45. The molecule has 0 unspecified atom stereocenters. The molecule has 0 fully saturated rings. The molecule has 0 bridgehead atoms. The van der Waals surface area contributed by atoms with Gasteiger partial charge in [-0.2, -0.15) is 35.9 Å². The maximum Gasteiger partial charge on any atom is 2.00 e. The molecule has 45 heavy (non-hydrogen) atoms. The molecule has 6 aromatic rings. The van der Waals surface area contributed by atoms with Crippen molar-refractivity contribution in [2.75, 3.05) is 6.26 Å². The van der Waals surface area contributed by atoms with Crippen LogP contribution >= 0.6 is 11.8 Å². The van der Waals surface area contributed by atoms with Crippen LogP contribution in [0.2, 0.25) is 0 Å². The summed E-state index contributed by atoms with van der Waals surface area (Å²) in [5.74, 6) is -2.53. The molecule has 0 aliphatic heterocycles. The summed E-state index contributed by atoms with van der Waals surface area (Å²) >= 11 is 6.36. The number of pyridine rings is 3. The molecule has 3 aromatic heterocycles. The first kappa shape index (κ1) is 39.8. The summed E-state index contributed by atoms with van der Waals surface area (Å²) in [4.78, 5) is 11.8. The predicted molar refractivity (Wildman–Crippen MR) is 164 cm³/mol. The van der Waals surface area contributed by atoms with Crippen molar-refractivity contribution < 1.29 is 59.7 Å². The van der Waals surface area contributed by atoms with Crippen LogP contribution in [0.4, 0.5) is 17.6 Å². The van der Waals surface area contributed by atoms with Gasteiger partial charge in [-0.25, -0.2) is 10.5 Å². The van der Waals surface area contributed by atoms with Gasteiger partial charge in [-0.1, -0.05) is 53.1 Å². The molecule has 0 radical (unpaired) electrons. The SMILES string of the molecule is CSc1ccccn1.Fc1c[c-]c(-c2[c-]cccc2)c(F)c1.Fc1c[c-]c(-c2ccccn2)c(F)c1.[Pt+2].[Pt+2].[S-]c1ccccn1. The smallest absolute Gasteiger partial charge is 0.760 e. The van der Waals surface area contributed by atoms with Gasteiger partial charge in [-0.3, -0.25) is 22.5 Å². The fourth-order valence-corrected chi connectivity index (χ4v) is 3.69. The number of benzene rings is 3. The number of nitrogens with zero attached hydrogens (tertiary/aromatic N) is 3. The van der Waals surface area contributed by atoms with Crippen molar-refractivity contribution in [3.8, 4) is 22.4 Å². The number of hydrogen-bond donors (Lipinski definition) is 0. The van der Waals surface area contributed by atoms with Crippen LogP contribution < -0.4 is 0 Å². The Balaban J connectivity index is 0.000000308. The monoisotopic (exact) mass is 1000 g/mol. The standard InChI is InChI=1S/C12H6F2.C11H6F2N.C6H7NS.C5H5NS.2Pt/c13-10-6-7-11(12(14)8-10)9-4-2-1-3-5-9;12-8-4-5-9(10(13)7-8)11-3-1-2-6-14-11;1-8-6-4-2-3-5-7-6;7-5-3-1-2-4-6-5;;/h1-4,6,8H;1-4,6-7H;2-5H,1H3;1-4H,(H,6,7);;/q-2;-1;;;2*+2/p-1. The summed E-state index contributed by atoms with van der Waals surface area (Å²) < 4.78 is 51.6. The van der Waals surface area contributed by atoms with E-state index in [4.69, 9.17) is 12.6 Å². The molecule has 3 aromatic carbocycles. The molecule has 0 aliphatic rings. The first-order valence-electron chi connectivity index (χ1n) is 12.5. The van der Waals surface area contributed by atoms with E-state index < -0.39 is 23.3 Å². The Kier molecular flexibility index (Phi) is 19.7. The van der Waals surface area contributed by atoms with E-state index in [1.165, 1.54) is 0 Å². The Hall–Kier alpha value is -3.22. The van der Waals surface area contributed by atoms with E-state index in [0.29, 0.717) is 16.3 Å².